The molecule has 1 aromatic heterocycles. The molecule has 0 saturated heterocycles. The van der Waals surface area contributed by atoms with Crippen LogP contribution in [-0.4, -0.2) is 11.5 Å². The van der Waals surface area contributed by atoms with Gasteiger partial charge in [0.15, 0.2) is 0 Å². The molecule has 1 atom stereocenters. The van der Waals surface area contributed by atoms with E-state index in [1.165, 1.54) is 0 Å². The average Bonchev–Trinajstić information content (AvgIpc) is 2.51. The minimum absolute atomic E-state index is 0.122. The molecular weight excluding hydrogens is 263 g/mol. The molecule has 2 rings (SSSR count). The molecule has 0 amide bonds. The normalized spacial score (nSPS) is 12.4. The molecule has 0 radical (unpaired) electrons. The van der Waals surface area contributed by atoms with Gasteiger partial charge in [0.2, 0.25) is 0 Å². The van der Waals surface area contributed by atoms with Gasteiger partial charge in [0.25, 0.3) is 0 Å². The first-order valence-electron chi connectivity index (χ1n) is 7.59. The molecule has 3 heteroatoms. The molecule has 2 aromatic rings. The molecule has 0 bridgehead atoms. The first-order valence-corrected chi connectivity index (χ1v) is 7.59. The van der Waals surface area contributed by atoms with E-state index in [0.29, 0.717) is 5.56 Å². The molecule has 0 spiro atoms. The summed E-state index contributed by atoms with van der Waals surface area (Å²) >= 11 is 0. The van der Waals surface area contributed by atoms with Crippen LogP contribution in [0, 0.1) is 12.7 Å². The Hall–Kier alpha value is -1.74. The maximum absolute atomic E-state index is 14.3. The van der Waals surface area contributed by atoms with Crippen LogP contribution in [-0.2, 0) is 6.42 Å². The maximum Gasteiger partial charge on any atom is 0.128 e. The van der Waals surface area contributed by atoms with E-state index in [2.05, 4.69) is 24.1 Å². The largest absolute Gasteiger partial charge is 0.306 e. The van der Waals surface area contributed by atoms with Gasteiger partial charge < -0.3 is 5.32 Å². The second-order valence-corrected chi connectivity index (χ2v) is 5.34. The van der Waals surface area contributed by atoms with E-state index in [0.717, 1.165) is 36.1 Å². The van der Waals surface area contributed by atoms with E-state index in [9.17, 15) is 4.39 Å². The fourth-order valence-electron chi connectivity index (χ4n) is 2.58. The summed E-state index contributed by atoms with van der Waals surface area (Å²) in [6, 6.07) is 7.17. The molecule has 1 N–H and O–H groups in total. The molecule has 1 aromatic carbocycles. The Labute approximate surface area is 126 Å². The Kier molecular flexibility index (Phi) is 5.45. The van der Waals surface area contributed by atoms with Crippen molar-refractivity contribution in [2.75, 3.05) is 6.54 Å². The van der Waals surface area contributed by atoms with Crippen molar-refractivity contribution in [3.63, 3.8) is 0 Å². The summed E-state index contributed by atoms with van der Waals surface area (Å²) in [5, 5.41) is 3.48. The number of rotatable bonds is 6. The highest BCUT2D eigenvalue weighted by atomic mass is 19.1. The van der Waals surface area contributed by atoms with Gasteiger partial charge in [0.05, 0.1) is 6.04 Å². The Morgan fingerprint density at radius 3 is 2.71 bits per heavy atom. The average molecular weight is 286 g/mol. The summed E-state index contributed by atoms with van der Waals surface area (Å²) < 4.78 is 14.3. The Morgan fingerprint density at radius 2 is 2.00 bits per heavy atom. The molecule has 0 fully saturated rings. The number of hydrogen-bond acceptors (Lipinski definition) is 2. The minimum Gasteiger partial charge on any atom is -0.306 e. The lowest BCUT2D eigenvalue weighted by Crippen LogP contribution is -2.25. The van der Waals surface area contributed by atoms with Crippen LogP contribution < -0.4 is 5.32 Å². The second-order valence-electron chi connectivity index (χ2n) is 5.34. The lowest BCUT2D eigenvalue weighted by Gasteiger charge is -2.22. The topological polar surface area (TPSA) is 24.9 Å². The number of aryl methyl sites for hydroxylation is 2. The van der Waals surface area contributed by atoms with Crippen molar-refractivity contribution < 1.29 is 4.39 Å². The number of nitrogens with one attached hydrogen (secondary N) is 1. The summed E-state index contributed by atoms with van der Waals surface area (Å²) in [7, 11) is 0. The van der Waals surface area contributed by atoms with Crippen molar-refractivity contribution in [3.05, 3.63) is 64.7 Å². The summed E-state index contributed by atoms with van der Waals surface area (Å²) in [6.45, 7) is 7.06. The van der Waals surface area contributed by atoms with E-state index >= 15 is 0 Å². The van der Waals surface area contributed by atoms with Gasteiger partial charge in [-0.3, -0.25) is 4.98 Å². The van der Waals surface area contributed by atoms with E-state index < -0.39 is 0 Å². The fraction of sp³-hybridized carbons (Fsp3) is 0.389. The summed E-state index contributed by atoms with van der Waals surface area (Å²) in [5.74, 6) is -0.159. The van der Waals surface area contributed by atoms with Crippen molar-refractivity contribution in [2.45, 2.75) is 39.7 Å². The van der Waals surface area contributed by atoms with Gasteiger partial charge in [-0.2, -0.15) is 0 Å². The highest BCUT2D eigenvalue weighted by Crippen LogP contribution is 2.27. The first-order chi connectivity index (χ1) is 10.2. The number of benzene rings is 1. The molecule has 112 valence electrons. The zero-order valence-electron chi connectivity index (χ0n) is 13.0. The van der Waals surface area contributed by atoms with Crippen LogP contribution in [0.4, 0.5) is 4.39 Å². The number of aromatic nitrogens is 1. The summed E-state index contributed by atoms with van der Waals surface area (Å²) in [6.07, 6.45) is 5.56. The van der Waals surface area contributed by atoms with Crippen LogP contribution in [0.1, 0.15) is 48.6 Å². The molecule has 0 aliphatic carbocycles. The number of halogens is 1. The van der Waals surface area contributed by atoms with Crippen LogP contribution >= 0.6 is 0 Å². The van der Waals surface area contributed by atoms with Crippen LogP contribution in [0.15, 0.2) is 36.7 Å². The zero-order chi connectivity index (χ0) is 15.2. The third-order valence-electron chi connectivity index (χ3n) is 3.69. The molecule has 0 aliphatic heterocycles. The van der Waals surface area contributed by atoms with Crippen molar-refractivity contribution in [1.29, 1.82) is 0 Å². The Balaban J connectivity index is 2.49. The van der Waals surface area contributed by atoms with Crippen LogP contribution in [0.2, 0.25) is 0 Å². The van der Waals surface area contributed by atoms with E-state index in [1.54, 1.807) is 12.3 Å². The van der Waals surface area contributed by atoms with Gasteiger partial charge in [-0.05, 0) is 49.6 Å². The molecular formula is C18H23FN2. The van der Waals surface area contributed by atoms with Crippen LogP contribution in [0.5, 0.6) is 0 Å². The maximum atomic E-state index is 14.3. The lowest BCUT2D eigenvalue weighted by atomic mass is 9.93. The highest BCUT2D eigenvalue weighted by Gasteiger charge is 2.19. The fourth-order valence-corrected chi connectivity index (χ4v) is 2.58. The predicted octanol–water partition coefficient (Wildman–Crippen LogP) is 4.18. The molecule has 0 aliphatic rings. The zero-order valence-corrected chi connectivity index (χ0v) is 13.0. The molecule has 0 saturated carbocycles. The molecule has 2 nitrogen and oxygen atoms in total. The van der Waals surface area contributed by atoms with Crippen molar-refractivity contribution in [2.24, 2.45) is 0 Å². The van der Waals surface area contributed by atoms with E-state index in [-0.39, 0.29) is 11.9 Å². The standard InChI is InChI=1S/C18H23FN2/c1-4-9-21-18(15-8-10-20-12-14(15)5-2)16-11-13(3)6-7-17(16)19/h6-8,10-12,18,21H,4-5,9H2,1-3H3. The molecule has 1 unspecified atom stereocenters. The van der Waals surface area contributed by atoms with Crippen LogP contribution in [0.3, 0.4) is 0 Å². The third-order valence-corrected chi connectivity index (χ3v) is 3.69. The lowest BCUT2D eigenvalue weighted by molar-refractivity contribution is 0.543. The van der Waals surface area contributed by atoms with Gasteiger partial charge in [-0.25, -0.2) is 4.39 Å². The quantitative estimate of drug-likeness (QED) is 0.861. The summed E-state index contributed by atoms with van der Waals surface area (Å²) in [4.78, 5) is 4.19. The van der Waals surface area contributed by atoms with Crippen molar-refractivity contribution in [3.8, 4) is 0 Å². The smallest absolute Gasteiger partial charge is 0.128 e. The van der Waals surface area contributed by atoms with Gasteiger partial charge in [-0.15, -0.1) is 0 Å². The SMILES string of the molecule is CCCNC(c1cc(C)ccc1F)c1ccncc1CC. The van der Waals surface area contributed by atoms with E-state index in [4.69, 9.17) is 0 Å². The van der Waals surface area contributed by atoms with Crippen molar-refractivity contribution >= 4 is 0 Å². The monoisotopic (exact) mass is 286 g/mol. The predicted molar refractivity (Wildman–Crippen MR) is 84.9 cm³/mol. The summed E-state index contributed by atoms with van der Waals surface area (Å²) in [5.41, 5.74) is 4.06. The van der Waals surface area contributed by atoms with Gasteiger partial charge in [0, 0.05) is 18.0 Å². The third kappa shape index (κ3) is 3.67. The Bertz CT molecular complexity index is 596. The minimum atomic E-state index is -0.159. The first kappa shape index (κ1) is 15.6. The second kappa shape index (κ2) is 7.32. The number of hydrogen-bond donors (Lipinski definition) is 1. The van der Waals surface area contributed by atoms with Crippen molar-refractivity contribution in [1.82, 2.24) is 10.3 Å². The van der Waals surface area contributed by atoms with Gasteiger partial charge in [0.1, 0.15) is 5.82 Å². The number of pyridine rings is 1. The highest BCUT2D eigenvalue weighted by molar-refractivity contribution is 5.38. The molecule has 1 heterocycles. The van der Waals surface area contributed by atoms with Gasteiger partial charge >= 0.3 is 0 Å². The molecule has 21 heavy (non-hydrogen) atoms. The van der Waals surface area contributed by atoms with Crippen LogP contribution in [0.25, 0.3) is 0 Å². The number of nitrogens with zero attached hydrogens (tertiary/aromatic N) is 1. The van der Waals surface area contributed by atoms with E-state index in [1.807, 2.05) is 31.3 Å². The van der Waals surface area contributed by atoms with Gasteiger partial charge in [-0.1, -0.05) is 31.5 Å². The Morgan fingerprint density at radius 1 is 1.19 bits per heavy atom.